The number of nitrogens with zero attached hydrogens (tertiary/aromatic N) is 2. The van der Waals surface area contributed by atoms with Crippen molar-refractivity contribution < 1.29 is 33.6 Å². The van der Waals surface area contributed by atoms with Crippen molar-refractivity contribution in [1.82, 2.24) is 19.7 Å². The van der Waals surface area contributed by atoms with Crippen LogP contribution in [0.5, 0.6) is 5.75 Å². The van der Waals surface area contributed by atoms with Gasteiger partial charge < -0.3 is 39.1 Å². The van der Waals surface area contributed by atoms with Gasteiger partial charge in [0.2, 0.25) is 6.29 Å². The first-order valence-electron chi connectivity index (χ1n) is 16.4. The Morgan fingerprint density at radius 1 is 1.08 bits per heavy atom. The molecule has 0 saturated carbocycles. The molecule has 12 heteroatoms. The number of methoxy groups -OCH3 is 1. The number of carbonyl (C=O) groups is 1. The van der Waals surface area contributed by atoms with Crippen molar-refractivity contribution in [1.29, 1.82) is 0 Å². The lowest BCUT2D eigenvalue weighted by atomic mass is 9.81. The van der Waals surface area contributed by atoms with Crippen molar-refractivity contribution in [3.8, 4) is 11.4 Å². The van der Waals surface area contributed by atoms with Gasteiger partial charge in [-0.05, 0) is 68.7 Å². The second kappa shape index (κ2) is 16.6. The molecule has 1 amide bonds. The van der Waals surface area contributed by atoms with Gasteiger partial charge >= 0.3 is 0 Å². The predicted octanol–water partition coefficient (Wildman–Crippen LogP) is 3.73. The summed E-state index contributed by atoms with van der Waals surface area (Å²) < 4.78 is 32.4. The maximum atomic E-state index is 14.2. The first kappa shape index (κ1) is 35.0. The Morgan fingerprint density at radius 3 is 2.58 bits per heavy atom. The van der Waals surface area contributed by atoms with E-state index in [0.29, 0.717) is 51.4 Å². The summed E-state index contributed by atoms with van der Waals surface area (Å²) >= 11 is 0. The Balaban J connectivity index is 1.41. The SMILES string of the molecule is CCO[C@H]1OC(C(=O)NCCc2c[nH]c3ccc(OC)cc23)=C[C@@H](c2c(C)n(C)n(-c3ccccc3)c2=O)[C@H]1CCOCCOCCO. The van der Waals surface area contributed by atoms with Crippen LogP contribution in [0.3, 0.4) is 0 Å². The summed E-state index contributed by atoms with van der Waals surface area (Å²) in [6, 6.07) is 15.3. The van der Waals surface area contributed by atoms with Crippen LogP contribution in [0.2, 0.25) is 0 Å². The van der Waals surface area contributed by atoms with E-state index in [1.54, 1.807) is 17.9 Å². The third kappa shape index (κ3) is 7.84. The number of ether oxygens (including phenoxy) is 5. The second-order valence-electron chi connectivity index (χ2n) is 11.6. The Morgan fingerprint density at radius 2 is 1.85 bits per heavy atom. The number of aliphatic hydroxyl groups excluding tert-OH is 1. The van der Waals surface area contributed by atoms with Gasteiger partial charge in [-0.2, -0.15) is 0 Å². The summed E-state index contributed by atoms with van der Waals surface area (Å²) in [5.41, 5.74) is 3.97. The maximum Gasteiger partial charge on any atom is 0.286 e. The Labute approximate surface area is 280 Å². The van der Waals surface area contributed by atoms with E-state index in [-0.39, 0.29) is 36.4 Å². The minimum atomic E-state index is -0.787. The van der Waals surface area contributed by atoms with Gasteiger partial charge in [0.25, 0.3) is 11.5 Å². The minimum Gasteiger partial charge on any atom is -0.497 e. The lowest BCUT2D eigenvalue weighted by molar-refractivity contribution is -0.168. The van der Waals surface area contributed by atoms with Crippen LogP contribution in [0.1, 0.15) is 36.1 Å². The highest BCUT2D eigenvalue weighted by Crippen LogP contribution is 2.39. The smallest absolute Gasteiger partial charge is 0.286 e. The highest BCUT2D eigenvalue weighted by atomic mass is 16.7. The van der Waals surface area contributed by atoms with Crippen LogP contribution in [-0.2, 0) is 37.2 Å². The number of H-pyrrole nitrogens is 1. The van der Waals surface area contributed by atoms with Crippen LogP contribution < -0.4 is 15.6 Å². The zero-order valence-corrected chi connectivity index (χ0v) is 28.1. The summed E-state index contributed by atoms with van der Waals surface area (Å²) in [6.45, 7) is 5.78. The predicted molar refractivity (Wildman–Crippen MR) is 181 cm³/mol. The number of aromatic amines is 1. The van der Waals surface area contributed by atoms with Gasteiger partial charge in [0.05, 0.1) is 39.2 Å². The molecule has 12 nitrogen and oxygen atoms in total. The molecule has 0 radical (unpaired) electrons. The number of aliphatic hydroxyl groups is 1. The van der Waals surface area contributed by atoms with Gasteiger partial charge in [0.1, 0.15) is 5.75 Å². The monoisotopic (exact) mass is 662 g/mol. The van der Waals surface area contributed by atoms with Gasteiger partial charge in [-0.3, -0.25) is 14.3 Å². The number of allylic oxidation sites excluding steroid dienone is 1. The van der Waals surface area contributed by atoms with Crippen molar-refractivity contribution in [3.05, 3.63) is 93.7 Å². The normalized spacial score (nSPS) is 17.7. The number of carbonyl (C=O) groups excluding carboxylic acids is 1. The van der Waals surface area contributed by atoms with Gasteiger partial charge in [0.15, 0.2) is 5.76 Å². The number of fused-ring (bicyclic) bond motifs is 1. The van der Waals surface area contributed by atoms with Crippen LogP contribution >= 0.6 is 0 Å². The van der Waals surface area contributed by atoms with Crippen LogP contribution in [0, 0.1) is 12.8 Å². The fraction of sp³-hybridized carbons (Fsp3) is 0.444. The molecule has 1 aliphatic heterocycles. The number of rotatable bonds is 17. The number of amides is 1. The molecule has 5 rings (SSSR count). The fourth-order valence-corrected chi connectivity index (χ4v) is 6.24. The second-order valence-corrected chi connectivity index (χ2v) is 11.6. The summed E-state index contributed by atoms with van der Waals surface area (Å²) in [7, 11) is 3.49. The molecule has 258 valence electrons. The molecule has 48 heavy (non-hydrogen) atoms. The lowest BCUT2D eigenvalue weighted by Crippen LogP contribution is -2.41. The number of aromatic nitrogens is 3. The van der Waals surface area contributed by atoms with E-state index in [2.05, 4.69) is 10.3 Å². The molecule has 0 fully saturated rings. The molecule has 4 aromatic rings. The average Bonchev–Trinajstić information content (AvgIpc) is 3.60. The topological polar surface area (TPSA) is 138 Å². The van der Waals surface area contributed by atoms with E-state index < -0.39 is 12.2 Å². The van der Waals surface area contributed by atoms with E-state index in [1.807, 2.05) is 80.3 Å². The first-order chi connectivity index (χ1) is 23.4. The first-order valence-corrected chi connectivity index (χ1v) is 16.4. The molecular formula is C36H46N4O8. The Hall–Kier alpha value is -4.36. The molecule has 0 aliphatic carbocycles. The molecule has 0 spiro atoms. The van der Waals surface area contributed by atoms with E-state index in [4.69, 9.17) is 28.8 Å². The standard InChI is InChI=1S/C36H46N4O8/c1-5-47-36-28(14-17-45-19-20-46-18-16-41)30(33-24(2)39(3)40(35(33)43)26-9-7-6-8-10-26)22-32(48-36)34(42)37-15-13-25-23-38-31-12-11-27(44-4)21-29(25)31/h6-12,21-23,28,30,36,38,41H,5,13-20H2,1-4H3,(H,37,42)/t28-,30-,36+/m1/s1. The molecular weight excluding hydrogens is 616 g/mol. The van der Waals surface area contributed by atoms with Gasteiger partial charge in [-0.1, -0.05) is 18.2 Å². The highest BCUT2D eigenvalue weighted by Gasteiger charge is 2.41. The maximum absolute atomic E-state index is 14.2. The molecule has 3 atom stereocenters. The van der Waals surface area contributed by atoms with Gasteiger partial charge in [-0.25, -0.2) is 4.68 Å². The van der Waals surface area contributed by atoms with Crippen molar-refractivity contribution in [2.75, 3.05) is 53.3 Å². The Bertz CT molecular complexity index is 1740. The molecule has 0 unspecified atom stereocenters. The van der Waals surface area contributed by atoms with Crippen LogP contribution in [0.25, 0.3) is 16.6 Å². The third-order valence-corrected chi connectivity index (χ3v) is 8.73. The zero-order chi connectivity index (χ0) is 34.0. The molecule has 3 N–H and O–H groups in total. The van der Waals surface area contributed by atoms with Crippen molar-refractivity contribution in [3.63, 3.8) is 0 Å². The van der Waals surface area contributed by atoms with Crippen molar-refractivity contribution >= 4 is 16.8 Å². The number of para-hydroxylation sites is 1. The molecule has 2 aromatic heterocycles. The summed E-state index contributed by atoms with van der Waals surface area (Å²) in [4.78, 5) is 31.1. The van der Waals surface area contributed by atoms with Crippen molar-refractivity contribution in [2.24, 2.45) is 13.0 Å². The van der Waals surface area contributed by atoms with Gasteiger partial charge in [-0.15, -0.1) is 0 Å². The molecule has 0 bridgehead atoms. The number of hydrogen-bond acceptors (Lipinski definition) is 8. The molecule has 1 aliphatic rings. The van der Waals surface area contributed by atoms with Crippen LogP contribution in [-0.4, -0.2) is 84.9 Å². The Kier molecular flexibility index (Phi) is 12.1. The van der Waals surface area contributed by atoms with Gasteiger partial charge in [0, 0.05) is 67.0 Å². The minimum absolute atomic E-state index is 0.0471. The van der Waals surface area contributed by atoms with Crippen LogP contribution in [0.4, 0.5) is 0 Å². The van der Waals surface area contributed by atoms with E-state index >= 15 is 0 Å². The van der Waals surface area contributed by atoms with Crippen molar-refractivity contribution in [2.45, 2.75) is 38.9 Å². The highest BCUT2D eigenvalue weighted by molar-refractivity contribution is 5.92. The number of nitrogens with one attached hydrogen (secondary N) is 2. The molecule has 2 aromatic carbocycles. The zero-order valence-electron chi connectivity index (χ0n) is 28.1. The lowest BCUT2D eigenvalue weighted by Gasteiger charge is -2.36. The molecule has 3 heterocycles. The summed E-state index contributed by atoms with van der Waals surface area (Å²) in [5, 5.41) is 13.0. The fourth-order valence-electron chi connectivity index (χ4n) is 6.24. The largest absolute Gasteiger partial charge is 0.497 e. The number of hydrogen-bond donors (Lipinski definition) is 3. The van der Waals surface area contributed by atoms with Crippen LogP contribution in [0.15, 0.2) is 71.4 Å². The quantitative estimate of drug-likeness (QED) is 0.146. The summed E-state index contributed by atoms with van der Waals surface area (Å²) in [5.74, 6) is -0.315. The van der Waals surface area contributed by atoms with E-state index in [9.17, 15) is 9.59 Å². The molecule has 0 saturated heterocycles. The van der Waals surface area contributed by atoms with E-state index in [1.165, 1.54) is 0 Å². The number of benzene rings is 2. The third-order valence-electron chi connectivity index (χ3n) is 8.73. The average molecular weight is 663 g/mol. The summed E-state index contributed by atoms with van der Waals surface area (Å²) in [6.07, 6.45) is 4.01. The van der Waals surface area contributed by atoms with E-state index in [0.717, 1.165) is 33.6 Å².